The third kappa shape index (κ3) is 4.29. The van der Waals surface area contributed by atoms with E-state index < -0.39 is 11.8 Å². The Hall–Kier alpha value is -3.46. The number of carbonyl (C=O) groups excluding carboxylic acids is 2. The van der Waals surface area contributed by atoms with Crippen LogP contribution in [0.3, 0.4) is 0 Å². The molecule has 32 heavy (non-hydrogen) atoms. The van der Waals surface area contributed by atoms with Gasteiger partial charge in [-0.05, 0) is 60.7 Å². The Balaban J connectivity index is 1.59. The van der Waals surface area contributed by atoms with Crippen molar-refractivity contribution in [2.75, 3.05) is 0 Å². The van der Waals surface area contributed by atoms with Crippen LogP contribution in [0.25, 0.3) is 16.6 Å². The molecule has 0 fully saturated rings. The van der Waals surface area contributed by atoms with Crippen molar-refractivity contribution in [3.63, 3.8) is 0 Å². The monoisotopic (exact) mass is 484 g/mol. The van der Waals surface area contributed by atoms with E-state index in [-0.39, 0.29) is 26.5 Å². The molecule has 10 heteroatoms. The number of hydrogen-bond acceptors (Lipinski definition) is 4. The summed E-state index contributed by atoms with van der Waals surface area (Å²) in [7, 11) is 0. The van der Waals surface area contributed by atoms with Crippen molar-refractivity contribution in [3.8, 4) is 5.69 Å². The fraction of sp³-hybridized carbons (Fsp3) is 0. The summed E-state index contributed by atoms with van der Waals surface area (Å²) >= 11 is 17.2. The Morgan fingerprint density at radius 2 is 1.62 bits per heavy atom. The lowest BCUT2D eigenvalue weighted by Gasteiger charge is -2.11. The van der Waals surface area contributed by atoms with Gasteiger partial charge in [-0.15, -0.1) is 0 Å². The smallest absolute Gasteiger partial charge is 0.271 e. The molecule has 0 saturated carbocycles. The molecule has 0 saturated heterocycles. The van der Waals surface area contributed by atoms with Gasteiger partial charge in [-0.25, -0.2) is 0 Å². The number of nitrogens with one attached hydrogen (secondary N) is 3. The molecule has 4 rings (SSSR count). The van der Waals surface area contributed by atoms with Gasteiger partial charge in [0.25, 0.3) is 17.4 Å². The minimum absolute atomic E-state index is 0.114. The zero-order valence-corrected chi connectivity index (χ0v) is 18.5. The highest BCUT2D eigenvalue weighted by Crippen LogP contribution is 2.20. The number of carbonyl (C=O) groups is 2. The first kappa shape index (κ1) is 21.8. The van der Waals surface area contributed by atoms with E-state index in [0.717, 1.165) is 0 Å². The molecule has 1 heterocycles. The van der Waals surface area contributed by atoms with Crippen LogP contribution in [0.15, 0.2) is 71.5 Å². The molecule has 0 aliphatic rings. The fourth-order valence-electron chi connectivity index (χ4n) is 3.10. The normalized spacial score (nSPS) is 10.7. The fourth-order valence-corrected chi connectivity index (χ4v) is 3.77. The highest BCUT2D eigenvalue weighted by atomic mass is 35.5. The third-order valence-electron chi connectivity index (χ3n) is 4.64. The maximum absolute atomic E-state index is 13.0. The van der Waals surface area contributed by atoms with E-state index in [1.54, 1.807) is 30.3 Å². The van der Waals surface area contributed by atoms with Gasteiger partial charge >= 0.3 is 0 Å². The van der Waals surface area contributed by atoms with Crippen LogP contribution < -0.4 is 16.4 Å². The second-order valence-corrected chi connectivity index (χ2v) is 7.93. The number of aromatic amines is 1. The zero-order valence-electron chi connectivity index (χ0n) is 16.2. The van der Waals surface area contributed by atoms with Gasteiger partial charge in [-0.2, -0.15) is 0 Å². The van der Waals surface area contributed by atoms with E-state index in [2.05, 4.69) is 15.8 Å². The number of halogens is 2. The summed E-state index contributed by atoms with van der Waals surface area (Å²) in [4.78, 5) is 40.8. The Kier molecular flexibility index (Phi) is 6.09. The molecule has 7 nitrogen and oxygen atoms in total. The second kappa shape index (κ2) is 8.96. The van der Waals surface area contributed by atoms with E-state index in [1.165, 1.54) is 34.9 Å². The molecule has 4 aromatic rings. The van der Waals surface area contributed by atoms with E-state index in [9.17, 15) is 14.4 Å². The van der Waals surface area contributed by atoms with Gasteiger partial charge in [0.1, 0.15) is 0 Å². The van der Waals surface area contributed by atoms with Crippen LogP contribution >= 0.6 is 35.4 Å². The molecule has 0 spiro atoms. The molecule has 3 aromatic carbocycles. The highest BCUT2D eigenvalue weighted by Gasteiger charge is 2.14. The lowest BCUT2D eigenvalue weighted by molar-refractivity contribution is 0.0847. The van der Waals surface area contributed by atoms with Gasteiger partial charge in [0.2, 0.25) is 0 Å². The quantitative estimate of drug-likeness (QED) is 0.296. The summed E-state index contributed by atoms with van der Waals surface area (Å²) < 4.78 is 1.57. The van der Waals surface area contributed by atoms with E-state index in [1.807, 2.05) is 6.07 Å². The first-order valence-electron chi connectivity index (χ1n) is 9.25. The standard InChI is InChI=1S/C22H14Cl2N4O3S/c23-13-7-9-17(24)16(11-13)20(30)27-26-19(29)12-6-8-15-18(10-12)25-22(32)28(21(15)31)14-4-2-1-3-5-14/h1-11H,(H,25,32)(H,26,29)(H,27,30). The van der Waals surface area contributed by atoms with E-state index in [0.29, 0.717) is 21.6 Å². The van der Waals surface area contributed by atoms with E-state index >= 15 is 0 Å². The first-order valence-corrected chi connectivity index (χ1v) is 10.4. The van der Waals surface area contributed by atoms with Crippen LogP contribution in [0.4, 0.5) is 0 Å². The number of hydrazine groups is 1. The van der Waals surface area contributed by atoms with Crippen LogP contribution in [-0.4, -0.2) is 21.4 Å². The number of H-pyrrole nitrogens is 1. The number of nitrogens with zero attached hydrogens (tertiary/aromatic N) is 1. The predicted octanol–water partition coefficient (Wildman–Crippen LogP) is 4.43. The number of rotatable bonds is 3. The highest BCUT2D eigenvalue weighted by molar-refractivity contribution is 7.71. The van der Waals surface area contributed by atoms with Crippen molar-refractivity contribution in [2.24, 2.45) is 0 Å². The van der Waals surface area contributed by atoms with Crippen molar-refractivity contribution in [1.29, 1.82) is 0 Å². The first-order chi connectivity index (χ1) is 15.3. The summed E-state index contributed by atoms with van der Waals surface area (Å²) in [5, 5.41) is 0.875. The lowest BCUT2D eigenvalue weighted by Crippen LogP contribution is -2.41. The number of aromatic nitrogens is 2. The second-order valence-electron chi connectivity index (χ2n) is 6.70. The summed E-state index contributed by atoms with van der Waals surface area (Å²) in [6.45, 7) is 0. The van der Waals surface area contributed by atoms with Crippen molar-refractivity contribution >= 4 is 58.1 Å². The molecule has 0 aliphatic heterocycles. The Morgan fingerprint density at radius 1 is 0.906 bits per heavy atom. The molecular formula is C22H14Cl2N4O3S. The minimum atomic E-state index is -0.628. The van der Waals surface area contributed by atoms with Gasteiger partial charge in [0.05, 0.1) is 27.2 Å². The average molecular weight is 485 g/mol. The van der Waals surface area contributed by atoms with Gasteiger partial charge in [-0.3, -0.25) is 29.8 Å². The molecule has 0 radical (unpaired) electrons. The van der Waals surface area contributed by atoms with Crippen molar-refractivity contribution in [3.05, 3.63) is 103 Å². The molecular weight excluding hydrogens is 471 g/mol. The zero-order chi connectivity index (χ0) is 22.8. The molecule has 0 atom stereocenters. The number of para-hydroxylation sites is 1. The minimum Gasteiger partial charge on any atom is -0.331 e. The Morgan fingerprint density at radius 3 is 2.38 bits per heavy atom. The summed E-state index contributed by atoms with van der Waals surface area (Å²) in [5.74, 6) is -1.22. The van der Waals surface area contributed by atoms with Gasteiger partial charge < -0.3 is 4.98 Å². The van der Waals surface area contributed by atoms with Crippen LogP contribution in [-0.2, 0) is 0 Å². The molecule has 0 aliphatic carbocycles. The molecule has 3 N–H and O–H groups in total. The SMILES string of the molecule is O=C(NNC(=O)c1cc(Cl)ccc1Cl)c1ccc2c(=O)n(-c3ccccc3)c(=S)[nH]c2c1. The van der Waals surface area contributed by atoms with Gasteiger partial charge in [0.15, 0.2) is 4.77 Å². The maximum atomic E-state index is 13.0. The largest absolute Gasteiger partial charge is 0.331 e. The average Bonchev–Trinajstić information content (AvgIpc) is 2.79. The number of fused-ring (bicyclic) bond motifs is 1. The van der Waals surface area contributed by atoms with Crippen molar-refractivity contribution in [1.82, 2.24) is 20.4 Å². The molecule has 0 bridgehead atoms. The Labute approximate surface area is 196 Å². The molecule has 2 amide bonds. The maximum Gasteiger partial charge on any atom is 0.271 e. The molecule has 0 unspecified atom stereocenters. The third-order valence-corrected chi connectivity index (χ3v) is 5.49. The van der Waals surface area contributed by atoms with E-state index in [4.69, 9.17) is 35.4 Å². The van der Waals surface area contributed by atoms with Gasteiger partial charge in [-0.1, -0.05) is 41.4 Å². The number of amides is 2. The molecule has 160 valence electrons. The topological polar surface area (TPSA) is 96.0 Å². The van der Waals surface area contributed by atoms with Crippen LogP contribution in [0.2, 0.25) is 10.0 Å². The van der Waals surface area contributed by atoms with Crippen molar-refractivity contribution in [2.45, 2.75) is 0 Å². The van der Waals surface area contributed by atoms with Crippen LogP contribution in [0, 0.1) is 4.77 Å². The Bertz CT molecular complexity index is 1480. The summed E-state index contributed by atoms with van der Waals surface area (Å²) in [6.07, 6.45) is 0. The van der Waals surface area contributed by atoms with Gasteiger partial charge in [0, 0.05) is 10.6 Å². The predicted molar refractivity (Wildman–Crippen MR) is 126 cm³/mol. The van der Waals surface area contributed by atoms with Crippen molar-refractivity contribution < 1.29 is 9.59 Å². The van der Waals surface area contributed by atoms with Crippen LogP contribution in [0.1, 0.15) is 20.7 Å². The summed E-state index contributed by atoms with van der Waals surface area (Å²) in [5.41, 5.74) is 5.63. The lowest BCUT2D eigenvalue weighted by atomic mass is 10.1. The number of hydrogen-bond donors (Lipinski definition) is 3. The summed E-state index contributed by atoms with van der Waals surface area (Å²) in [6, 6.07) is 17.9. The van der Waals surface area contributed by atoms with Crippen LogP contribution in [0.5, 0.6) is 0 Å². The molecule has 1 aromatic heterocycles. The number of benzene rings is 3.